The van der Waals surface area contributed by atoms with Crippen molar-refractivity contribution in [3.63, 3.8) is 0 Å². The molecule has 0 radical (unpaired) electrons. The summed E-state index contributed by atoms with van der Waals surface area (Å²) in [4.78, 5) is 19.5. The van der Waals surface area contributed by atoms with Crippen molar-refractivity contribution in [2.75, 3.05) is 7.05 Å². The molecule has 5 rings (SSSR count). The van der Waals surface area contributed by atoms with Crippen molar-refractivity contribution in [1.82, 2.24) is 19.7 Å². The molecule has 0 fully saturated rings. The van der Waals surface area contributed by atoms with Gasteiger partial charge in [0.15, 0.2) is 0 Å². The van der Waals surface area contributed by atoms with E-state index in [1.165, 1.54) is 6.33 Å². The summed E-state index contributed by atoms with van der Waals surface area (Å²) in [5, 5.41) is 4.16. The quantitative estimate of drug-likeness (QED) is 0.488. The first kappa shape index (κ1) is 19.1. The zero-order chi connectivity index (χ0) is 21.4. The number of ether oxygens (including phenoxy) is 1. The van der Waals surface area contributed by atoms with Crippen LogP contribution >= 0.6 is 0 Å². The van der Waals surface area contributed by atoms with Crippen LogP contribution in [-0.2, 0) is 4.79 Å². The molecule has 1 atom stereocenters. The smallest absolute Gasteiger partial charge is 0.235 e. The molecular formula is C25H22N4O2. The molecule has 0 bridgehead atoms. The Balaban J connectivity index is 1.45. The lowest BCUT2D eigenvalue weighted by atomic mass is 9.86. The van der Waals surface area contributed by atoms with Gasteiger partial charge in [0.05, 0.1) is 17.6 Å². The second-order valence-corrected chi connectivity index (χ2v) is 7.67. The Morgan fingerprint density at radius 2 is 1.58 bits per heavy atom. The minimum atomic E-state index is -0.400. The highest BCUT2D eigenvalue weighted by atomic mass is 16.5. The van der Waals surface area contributed by atoms with Gasteiger partial charge in [-0.1, -0.05) is 48.5 Å². The Kier molecular flexibility index (Phi) is 4.75. The fourth-order valence-corrected chi connectivity index (χ4v) is 4.04. The number of aromatic nitrogens is 3. The van der Waals surface area contributed by atoms with Gasteiger partial charge in [-0.2, -0.15) is 5.10 Å². The number of hydrogen-bond acceptors (Lipinski definition) is 4. The number of fused-ring (bicyclic) bond motifs is 2. The Labute approximate surface area is 180 Å². The summed E-state index contributed by atoms with van der Waals surface area (Å²) in [6.45, 7) is 2.04. The molecule has 0 N–H and O–H groups in total. The minimum absolute atomic E-state index is 0.0380. The Bertz CT molecular complexity index is 1170. The van der Waals surface area contributed by atoms with Gasteiger partial charge in [-0.3, -0.25) is 4.79 Å². The summed E-state index contributed by atoms with van der Waals surface area (Å²) >= 11 is 0. The molecule has 1 aromatic heterocycles. The maximum Gasteiger partial charge on any atom is 0.235 e. The molecule has 31 heavy (non-hydrogen) atoms. The number of likely N-dealkylation sites (N-methyl/N-ethyl adjacent to an activating group) is 1. The summed E-state index contributed by atoms with van der Waals surface area (Å²) in [5.74, 6) is 1.11. The predicted octanol–water partition coefficient (Wildman–Crippen LogP) is 4.72. The van der Waals surface area contributed by atoms with Crippen LogP contribution in [0.5, 0.6) is 11.5 Å². The Hall–Kier alpha value is -3.93. The van der Waals surface area contributed by atoms with E-state index in [0.29, 0.717) is 0 Å². The van der Waals surface area contributed by atoms with E-state index in [2.05, 4.69) is 10.1 Å². The van der Waals surface area contributed by atoms with Gasteiger partial charge in [-0.05, 0) is 36.8 Å². The van der Waals surface area contributed by atoms with Crippen LogP contribution in [0.3, 0.4) is 0 Å². The van der Waals surface area contributed by atoms with Gasteiger partial charge in [-0.25, -0.2) is 9.67 Å². The molecule has 0 aliphatic carbocycles. The van der Waals surface area contributed by atoms with E-state index in [0.717, 1.165) is 33.9 Å². The van der Waals surface area contributed by atoms with E-state index in [9.17, 15) is 4.79 Å². The molecule has 0 saturated carbocycles. The van der Waals surface area contributed by atoms with Crippen molar-refractivity contribution in [1.29, 1.82) is 0 Å². The van der Waals surface area contributed by atoms with E-state index in [1.807, 2.05) is 91.7 Å². The van der Waals surface area contributed by atoms with Crippen molar-refractivity contribution in [2.45, 2.75) is 18.9 Å². The standard InChI is InChI=1S/C25H22N4O2/c1-17(18-11-13-19(14-12-18)29-16-26-15-27-29)28(2)25(30)24-20-7-3-5-9-22(20)31-23-10-6-4-8-21(23)24/h3-17,24H,1-2H3/t17-/m0/s1. The molecule has 1 aliphatic rings. The average molecular weight is 410 g/mol. The Morgan fingerprint density at radius 1 is 0.968 bits per heavy atom. The van der Waals surface area contributed by atoms with Gasteiger partial charge in [0.1, 0.15) is 24.2 Å². The second kappa shape index (κ2) is 7.72. The van der Waals surface area contributed by atoms with Gasteiger partial charge in [0.2, 0.25) is 5.91 Å². The van der Waals surface area contributed by atoms with Crippen molar-refractivity contribution in [3.05, 3.63) is 102 Å². The first-order chi connectivity index (χ1) is 15.1. The summed E-state index contributed by atoms with van der Waals surface area (Å²) in [5.41, 5.74) is 3.77. The van der Waals surface area contributed by atoms with Crippen LogP contribution in [0, 0.1) is 0 Å². The van der Waals surface area contributed by atoms with E-state index < -0.39 is 5.92 Å². The van der Waals surface area contributed by atoms with Gasteiger partial charge in [0, 0.05) is 18.2 Å². The number of hydrogen-bond donors (Lipinski definition) is 0. The maximum absolute atomic E-state index is 13.7. The monoisotopic (exact) mass is 410 g/mol. The van der Waals surface area contributed by atoms with Crippen molar-refractivity contribution in [2.24, 2.45) is 0 Å². The lowest BCUT2D eigenvalue weighted by molar-refractivity contribution is -0.132. The van der Waals surface area contributed by atoms with E-state index >= 15 is 0 Å². The molecule has 4 aromatic rings. The number of rotatable bonds is 4. The molecule has 1 aliphatic heterocycles. The molecule has 6 heteroatoms. The van der Waals surface area contributed by atoms with Crippen molar-refractivity contribution >= 4 is 5.91 Å². The van der Waals surface area contributed by atoms with Crippen molar-refractivity contribution in [3.8, 4) is 17.2 Å². The summed E-state index contributed by atoms with van der Waals surface area (Å²) in [6.07, 6.45) is 3.17. The van der Waals surface area contributed by atoms with Gasteiger partial charge >= 0.3 is 0 Å². The number of nitrogens with zero attached hydrogens (tertiary/aromatic N) is 4. The molecule has 0 spiro atoms. The molecule has 2 heterocycles. The highest BCUT2D eigenvalue weighted by Gasteiger charge is 2.35. The lowest BCUT2D eigenvalue weighted by Gasteiger charge is -2.33. The number of benzene rings is 3. The Morgan fingerprint density at radius 3 is 2.16 bits per heavy atom. The number of carbonyl (C=O) groups is 1. The summed E-state index contributed by atoms with van der Waals surface area (Å²) in [7, 11) is 1.86. The summed E-state index contributed by atoms with van der Waals surface area (Å²) < 4.78 is 7.75. The van der Waals surface area contributed by atoms with Crippen LogP contribution in [0.1, 0.15) is 35.6 Å². The van der Waals surface area contributed by atoms with Gasteiger partial charge < -0.3 is 9.64 Å². The van der Waals surface area contributed by atoms with Crippen LogP contribution in [0.2, 0.25) is 0 Å². The maximum atomic E-state index is 13.7. The third-order valence-electron chi connectivity index (χ3n) is 5.91. The van der Waals surface area contributed by atoms with E-state index in [1.54, 1.807) is 11.0 Å². The lowest BCUT2D eigenvalue weighted by Crippen LogP contribution is -2.35. The molecule has 0 saturated heterocycles. The van der Waals surface area contributed by atoms with Crippen LogP contribution in [0.15, 0.2) is 85.5 Å². The fourth-order valence-electron chi connectivity index (χ4n) is 4.04. The van der Waals surface area contributed by atoms with E-state index in [-0.39, 0.29) is 11.9 Å². The topological polar surface area (TPSA) is 60.2 Å². The second-order valence-electron chi connectivity index (χ2n) is 7.67. The van der Waals surface area contributed by atoms with E-state index in [4.69, 9.17) is 4.74 Å². The predicted molar refractivity (Wildman–Crippen MR) is 117 cm³/mol. The number of carbonyl (C=O) groups excluding carboxylic acids is 1. The van der Waals surface area contributed by atoms with Crippen LogP contribution in [0.25, 0.3) is 5.69 Å². The third kappa shape index (κ3) is 3.36. The molecule has 1 amide bonds. The molecular weight excluding hydrogens is 388 g/mol. The van der Waals surface area contributed by atoms with Gasteiger partial charge in [-0.15, -0.1) is 0 Å². The summed E-state index contributed by atoms with van der Waals surface area (Å²) in [6, 6.07) is 23.4. The first-order valence-corrected chi connectivity index (χ1v) is 10.2. The zero-order valence-corrected chi connectivity index (χ0v) is 17.3. The van der Waals surface area contributed by atoms with Gasteiger partial charge in [0.25, 0.3) is 0 Å². The highest BCUT2D eigenvalue weighted by Crippen LogP contribution is 2.45. The highest BCUT2D eigenvalue weighted by molar-refractivity contribution is 5.89. The normalized spacial score (nSPS) is 13.6. The largest absolute Gasteiger partial charge is 0.457 e. The van der Waals surface area contributed by atoms with Crippen LogP contribution in [0.4, 0.5) is 0 Å². The third-order valence-corrected chi connectivity index (χ3v) is 5.91. The average Bonchev–Trinajstić information content (AvgIpc) is 3.36. The molecule has 6 nitrogen and oxygen atoms in total. The number of para-hydroxylation sites is 2. The fraction of sp³-hybridized carbons (Fsp3) is 0.160. The molecule has 0 unspecified atom stereocenters. The molecule has 154 valence electrons. The minimum Gasteiger partial charge on any atom is -0.457 e. The van der Waals surface area contributed by atoms with Crippen LogP contribution in [-0.4, -0.2) is 32.6 Å². The SMILES string of the molecule is C[C@@H](c1ccc(-n2cncn2)cc1)N(C)C(=O)C1c2ccccc2Oc2ccccc21. The zero-order valence-electron chi connectivity index (χ0n) is 17.3. The van der Waals surface area contributed by atoms with Crippen molar-refractivity contribution < 1.29 is 9.53 Å². The van der Waals surface area contributed by atoms with Crippen LogP contribution < -0.4 is 4.74 Å². The number of amides is 1. The first-order valence-electron chi connectivity index (χ1n) is 10.2. The molecule has 3 aromatic carbocycles.